The van der Waals surface area contributed by atoms with E-state index in [1.807, 2.05) is 0 Å². The predicted octanol–water partition coefficient (Wildman–Crippen LogP) is 1.46. The third-order valence-corrected chi connectivity index (χ3v) is 4.17. The van der Waals surface area contributed by atoms with Gasteiger partial charge in [0.1, 0.15) is 11.5 Å². The third-order valence-electron chi connectivity index (χ3n) is 4.17. The van der Waals surface area contributed by atoms with Gasteiger partial charge in [-0.2, -0.15) is 0 Å². The van der Waals surface area contributed by atoms with Gasteiger partial charge in [0, 0.05) is 18.5 Å². The number of nitrogens with one attached hydrogen (secondary N) is 2. The van der Waals surface area contributed by atoms with Crippen LogP contribution >= 0.6 is 0 Å². The lowest BCUT2D eigenvalue weighted by molar-refractivity contribution is -0.0406. The highest BCUT2D eigenvalue weighted by Crippen LogP contribution is 2.35. The Labute approximate surface area is 139 Å². The Hall–Kier alpha value is -2.19. The number of alkyl carbamates (subject to hydrolysis) is 1. The number of hydrogen-bond acceptors (Lipinski definition) is 5. The van der Waals surface area contributed by atoms with E-state index >= 15 is 0 Å². The van der Waals surface area contributed by atoms with Crippen molar-refractivity contribution < 1.29 is 28.9 Å². The molecule has 1 atom stereocenters. The Morgan fingerprint density at radius 3 is 2.42 bits per heavy atom. The first-order valence-corrected chi connectivity index (χ1v) is 7.36. The summed E-state index contributed by atoms with van der Waals surface area (Å²) in [6, 6.07) is 4.03. The molecule has 0 saturated heterocycles. The van der Waals surface area contributed by atoms with Crippen LogP contribution in [0.3, 0.4) is 0 Å². The van der Waals surface area contributed by atoms with Crippen LogP contribution in [-0.2, 0) is 10.2 Å². The Morgan fingerprint density at radius 1 is 1.25 bits per heavy atom. The first-order valence-electron chi connectivity index (χ1n) is 7.36. The van der Waals surface area contributed by atoms with Gasteiger partial charge in [-0.1, -0.05) is 26.0 Å². The molecule has 1 aromatic rings. The summed E-state index contributed by atoms with van der Waals surface area (Å²) in [6.45, 7) is 5.04. The molecule has 134 valence electrons. The smallest absolute Gasteiger partial charge is 0.406 e. The van der Waals surface area contributed by atoms with Crippen LogP contribution in [0.4, 0.5) is 9.18 Å². The highest BCUT2D eigenvalue weighted by molar-refractivity contribution is 5.88. The van der Waals surface area contributed by atoms with Crippen molar-refractivity contribution in [1.29, 1.82) is 0 Å². The molecule has 1 amide bonds. The zero-order valence-corrected chi connectivity index (χ0v) is 14.1. The molecule has 0 aliphatic carbocycles. The lowest BCUT2D eigenvalue weighted by atomic mass is 9.75. The Kier molecular flexibility index (Phi) is 6.28. The molecule has 4 N–H and O–H groups in total. The maximum Gasteiger partial charge on any atom is 0.406 e. The lowest BCUT2D eigenvalue weighted by Gasteiger charge is -2.41. The van der Waals surface area contributed by atoms with E-state index in [9.17, 15) is 19.1 Å². The lowest BCUT2D eigenvalue weighted by Crippen LogP contribution is -2.57. The second-order valence-electron chi connectivity index (χ2n) is 6.01. The van der Waals surface area contributed by atoms with Crippen LogP contribution in [0.15, 0.2) is 18.2 Å². The number of aliphatic hydroxyl groups is 1. The van der Waals surface area contributed by atoms with E-state index in [-0.39, 0.29) is 18.7 Å². The van der Waals surface area contributed by atoms with E-state index < -0.39 is 34.6 Å². The highest BCUT2D eigenvalue weighted by atomic mass is 19.1. The summed E-state index contributed by atoms with van der Waals surface area (Å²) in [4.78, 5) is 22.1. The Morgan fingerprint density at radius 2 is 1.88 bits per heavy atom. The van der Waals surface area contributed by atoms with Crippen molar-refractivity contribution in [2.45, 2.75) is 31.9 Å². The first kappa shape index (κ1) is 19.9. The highest BCUT2D eigenvalue weighted by Gasteiger charge is 2.42. The normalized spacial score (nSPS) is 13.9. The van der Waals surface area contributed by atoms with Gasteiger partial charge in [0.15, 0.2) is 0 Å². The van der Waals surface area contributed by atoms with Gasteiger partial charge in [-0.25, -0.2) is 14.0 Å². The number of carboxylic acid groups (broad SMARTS) is 1. The fourth-order valence-electron chi connectivity index (χ4n) is 2.21. The monoisotopic (exact) mass is 342 g/mol. The van der Waals surface area contributed by atoms with Crippen LogP contribution in [-0.4, -0.2) is 48.2 Å². The summed E-state index contributed by atoms with van der Waals surface area (Å²) >= 11 is 0. The predicted molar refractivity (Wildman–Crippen MR) is 85.4 cm³/mol. The number of aromatic carboxylic acids is 1. The average molecular weight is 342 g/mol. The number of rotatable bonds is 7. The van der Waals surface area contributed by atoms with E-state index in [0.717, 1.165) is 0 Å². The van der Waals surface area contributed by atoms with Gasteiger partial charge in [-0.15, -0.1) is 0 Å². The van der Waals surface area contributed by atoms with Gasteiger partial charge in [-0.05, 0) is 18.6 Å². The summed E-state index contributed by atoms with van der Waals surface area (Å²) in [5.41, 5.74) is -3.10. The van der Waals surface area contributed by atoms with E-state index in [1.54, 1.807) is 13.8 Å². The molecule has 8 heteroatoms. The number of ether oxygens (including phenoxy) is 1. The quantitative estimate of drug-likeness (QED) is 0.441. The standard InChI is InChI=1S/C16H23FN2O5/c1-15(2,11-7-5-6-10(12(11)17)13(20)21)16(3,23)19-9-8-18-14(22)24-4/h5-7,19,23H,8-9H2,1-4H3,(H,18,22)(H,20,21). The van der Waals surface area contributed by atoms with Gasteiger partial charge in [0.25, 0.3) is 0 Å². The third kappa shape index (κ3) is 4.21. The van der Waals surface area contributed by atoms with E-state index in [2.05, 4.69) is 15.4 Å². The fourth-order valence-corrected chi connectivity index (χ4v) is 2.21. The SMILES string of the molecule is COC(=O)NCCNC(C)(O)C(C)(C)c1cccc(C(=O)O)c1F. The number of halogens is 1. The molecule has 24 heavy (non-hydrogen) atoms. The molecule has 1 unspecified atom stereocenters. The van der Waals surface area contributed by atoms with E-state index in [4.69, 9.17) is 5.11 Å². The molecule has 0 fully saturated rings. The Balaban J connectivity index is 2.95. The number of methoxy groups -OCH3 is 1. The number of benzene rings is 1. The number of hydrogen-bond donors (Lipinski definition) is 4. The summed E-state index contributed by atoms with van der Waals surface area (Å²) in [5.74, 6) is -2.26. The van der Waals surface area contributed by atoms with Gasteiger partial charge < -0.3 is 20.3 Å². The summed E-state index contributed by atoms with van der Waals surface area (Å²) in [6.07, 6.45) is -0.601. The molecule has 0 heterocycles. The van der Waals surface area contributed by atoms with Crippen molar-refractivity contribution in [3.05, 3.63) is 35.1 Å². The van der Waals surface area contributed by atoms with Crippen LogP contribution in [0.5, 0.6) is 0 Å². The van der Waals surface area contributed by atoms with Crippen molar-refractivity contribution in [2.75, 3.05) is 20.2 Å². The van der Waals surface area contributed by atoms with Crippen molar-refractivity contribution in [3.8, 4) is 0 Å². The molecule has 0 radical (unpaired) electrons. The number of carbonyl (C=O) groups excluding carboxylic acids is 1. The van der Waals surface area contributed by atoms with Gasteiger partial charge in [-0.3, -0.25) is 5.32 Å². The summed E-state index contributed by atoms with van der Waals surface area (Å²) < 4.78 is 18.9. The molecule has 7 nitrogen and oxygen atoms in total. The molecule has 0 aromatic heterocycles. The van der Waals surface area contributed by atoms with Crippen molar-refractivity contribution >= 4 is 12.1 Å². The molecule has 1 rings (SSSR count). The fraction of sp³-hybridized carbons (Fsp3) is 0.500. The average Bonchev–Trinajstić information content (AvgIpc) is 2.50. The molecule has 0 saturated carbocycles. The van der Waals surface area contributed by atoms with E-state index in [1.165, 1.54) is 32.2 Å². The van der Waals surface area contributed by atoms with Gasteiger partial charge in [0.2, 0.25) is 0 Å². The summed E-state index contributed by atoms with van der Waals surface area (Å²) in [5, 5.41) is 25.0. The van der Waals surface area contributed by atoms with Crippen LogP contribution in [0.1, 0.15) is 36.7 Å². The van der Waals surface area contributed by atoms with Crippen LogP contribution < -0.4 is 10.6 Å². The molecule has 1 aromatic carbocycles. The summed E-state index contributed by atoms with van der Waals surface area (Å²) in [7, 11) is 1.24. The minimum absolute atomic E-state index is 0.0702. The molecule has 0 aliphatic rings. The number of carboxylic acids is 1. The zero-order chi connectivity index (χ0) is 18.5. The molecule has 0 spiro atoms. The molecular weight excluding hydrogens is 319 g/mol. The van der Waals surface area contributed by atoms with Gasteiger partial charge in [0.05, 0.1) is 12.7 Å². The van der Waals surface area contributed by atoms with Crippen LogP contribution in [0.25, 0.3) is 0 Å². The van der Waals surface area contributed by atoms with Crippen molar-refractivity contribution in [1.82, 2.24) is 10.6 Å². The number of amides is 1. The van der Waals surface area contributed by atoms with Crippen LogP contribution in [0, 0.1) is 5.82 Å². The maximum absolute atomic E-state index is 14.5. The minimum Gasteiger partial charge on any atom is -0.478 e. The van der Waals surface area contributed by atoms with Crippen molar-refractivity contribution in [2.24, 2.45) is 0 Å². The minimum atomic E-state index is -1.57. The van der Waals surface area contributed by atoms with E-state index in [0.29, 0.717) is 0 Å². The second-order valence-corrected chi connectivity index (χ2v) is 6.01. The van der Waals surface area contributed by atoms with Gasteiger partial charge >= 0.3 is 12.1 Å². The maximum atomic E-state index is 14.5. The topological polar surface area (TPSA) is 108 Å². The number of carbonyl (C=O) groups is 2. The largest absolute Gasteiger partial charge is 0.478 e. The van der Waals surface area contributed by atoms with Crippen molar-refractivity contribution in [3.63, 3.8) is 0 Å². The second kappa shape index (κ2) is 7.59. The molecular formula is C16H23FN2O5. The molecule has 0 aliphatic heterocycles. The first-order chi connectivity index (χ1) is 11.0. The zero-order valence-electron chi connectivity index (χ0n) is 14.1. The molecule has 0 bridgehead atoms. The van der Waals surface area contributed by atoms with Crippen LogP contribution in [0.2, 0.25) is 0 Å². The Bertz CT molecular complexity index is 616.